The van der Waals surface area contributed by atoms with E-state index in [1.807, 2.05) is 0 Å². The van der Waals surface area contributed by atoms with Gasteiger partial charge in [-0.1, -0.05) is 189 Å². The number of ether oxygens (including phenoxy) is 3. The largest absolute Gasteiger partial charge is 0.462 e. The Hall–Kier alpha value is -3.41. The van der Waals surface area contributed by atoms with E-state index in [2.05, 4.69) is 106 Å². The Morgan fingerprint density at radius 3 is 1.02 bits per heavy atom. The third kappa shape index (κ3) is 47.5. The predicted octanol–water partition coefficient (Wildman–Crippen LogP) is 16.4. The smallest absolute Gasteiger partial charge is 0.306 e. The first-order chi connectivity index (χ1) is 30.0. The molecule has 0 saturated heterocycles. The Morgan fingerprint density at radius 1 is 0.344 bits per heavy atom. The van der Waals surface area contributed by atoms with Gasteiger partial charge < -0.3 is 14.2 Å². The molecule has 0 aromatic rings. The standard InChI is InChI=1S/C55H92O6/c1-4-7-10-13-16-19-22-24-26-27-28-29-30-32-33-36-39-42-45-48-54(57)60-51-52(50-59-53(56)47-44-41-38-35-21-18-15-12-9-6-3)61-55(58)49-46-43-40-37-34-31-25-23-20-17-14-11-8-5-2/h7-8,10-11,15-20,24-26,31,52H,4-6,9,12-14,21-23,27-30,32-51H2,1-3H3/b10-7-,11-8-,18-15-,19-16-,20-17-,26-24-,31-25-. The molecule has 0 radical (unpaired) electrons. The molecule has 61 heavy (non-hydrogen) atoms. The Balaban J connectivity index is 4.37. The van der Waals surface area contributed by atoms with E-state index in [-0.39, 0.29) is 31.1 Å². The van der Waals surface area contributed by atoms with Gasteiger partial charge in [-0.3, -0.25) is 14.4 Å². The van der Waals surface area contributed by atoms with Crippen molar-refractivity contribution in [1.29, 1.82) is 0 Å². The molecule has 0 spiro atoms. The monoisotopic (exact) mass is 849 g/mol. The fraction of sp³-hybridized carbons (Fsp3) is 0.691. The molecular formula is C55H92O6. The number of unbranched alkanes of at least 4 members (excludes halogenated alkanes) is 19. The highest BCUT2D eigenvalue weighted by Gasteiger charge is 2.19. The minimum absolute atomic E-state index is 0.0929. The number of carbonyl (C=O) groups excluding carboxylic acids is 3. The lowest BCUT2D eigenvalue weighted by Gasteiger charge is -2.18. The summed E-state index contributed by atoms with van der Waals surface area (Å²) in [5.41, 5.74) is 0. The second-order valence-corrected chi connectivity index (χ2v) is 16.3. The van der Waals surface area contributed by atoms with Crippen molar-refractivity contribution in [1.82, 2.24) is 0 Å². The number of carbonyl (C=O) groups is 3. The van der Waals surface area contributed by atoms with Crippen molar-refractivity contribution in [2.24, 2.45) is 0 Å². The van der Waals surface area contributed by atoms with Crippen LogP contribution in [-0.4, -0.2) is 37.2 Å². The summed E-state index contributed by atoms with van der Waals surface area (Å²) in [6.07, 6.45) is 62.8. The zero-order valence-electron chi connectivity index (χ0n) is 39.7. The first-order valence-corrected chi connectivity index (χ1v) is 25.1. The highest BCUT2D eigenvalue weighted by molar-refractivity contribution is 5.71. The van der Waals surface area contributed by atoms with Gasteiger partial charge in [0.05, 0.1) is 0 Å². The summed E-state index contributed by atoms with van der Waals surface area (Å²) in [4.78, 5) is 37.9. The number of rotatable bonds is 44. The molecule has 0 N–H and O–H groups in total. The highest BCUT2D eigenvalue weighted by Crippen LogP contribution is 2.14. The first kappa shape index (κ1) is 57.6. The summed E-state index contributed by atoms with van der Waals surface area (Å²) in [7, 11) is 0. The summed E-state index contributed by atoms with van der Waals surface area (Å²) in [5, 5.41) is 0. The van der Waals surface area contributed by atoms with Crippen molar-refractivity contribution in [2.45, 2.75) is 232 Å². The fourth-order valence-corrected chi connectivity index (χ4v) is 6.63. The second kappa shape index (κ2) is 49.2. The van der Waals surface area contributed by atoms with Crippen molar-refractivity contribution >= 4 is 17.9 Å². The van der Waals surface area contributed by atoms with Gasteiger partial charge in [0.1, 0.15) is 13.2 Å². The van der Waals surface area contributed by atoms with Crippen molar-refractivity contribution in [3.05, 3.63) is 85.1 Å². The Morgan fingerprint density at radius 2 is 0.639 bits per heavy atom. The maximum atomic E-state index is 12.8. The average molecular weight is 849 g/mol. The molecule has 1 atom stereocenters. The summed E-state index contributed by atoms with van der Waals surface area (Å²) < 4.78 is 16.7. The van der Waals surface area contributed by atoms with Crippen LogP contribution in [-0.2, 0) is 28.6 Å². The van der Waals surface area contributed by atoms with Crippen molar-refractivity contribution in [3.63, 3.8) is 0 Å². The molecule has 348 valence electrons. The number of hydrogen-bond donors (Lipinski definition) is 0. The van der Waals surface area contributed by atoms with Gasteiger partial charge in [0.2, 0.25) is 0 Å². The van der Waals surface area contributed by atoms with Crippen LogP contribution in [0, 0.1) is 0 Å². The molecule has 0 aromatic carbocycles. The van der Waals surface area contributed by atoms with Crippen LogP contribution in [0.3, 0.4) is 0 Å². The van der Waals surface area contributed by atoms with Crippen molar-refractivity contribution in [2.75, 3.05) is 13.2 Å². The van der Waals surface area contributed by atoms with E-state index >= 15 is 0 Å². The fourth-order valence-electron chi connectivity index (χ4n) is 6.63. The molecule has 0 amide bonds. The third-order valence-electron chi connectivity index (χ3n) is 10.4. The average Bonchev–Trinajstić information content (AvgIpc) is 3.26. The lowest BCUT2D eigenvalue weighted by atomic mass is 10.1. The van der Waals surface area contributed by atoms with Gasteiger partial charge in [0, 0.05) is 19.3 Å². The lowest BCUT2D eigenvalue weighted by molar-refractivity contribution is -0.167. The molecule has 0 rings (SSSR count). The molecule has 0 bridgehead atoms. The first-order valence-electron chi connectivity index (χ1n) is 25.1. The molecule has 0 saturated carbocycles. The molecule has 1 unspecified atom stereocenters. The summed E-state index contributed by atoms with van der Waals surface area (Å²) in [5.74, 6) is -0.938. The van der Waals surface area contributed by atoms with Crippen molar-refractivity contribution in [3.8, 4) is 0 Å². The quantitative estimate of drug-likeness (QED) is 0.0263. The van der Waals surface area contributed by atoms with E-state index in [1.54, 1.807) is 0 Å². The van der Waals surface area contributed by atoms with Gasteiger partial charge in [-0.05, 0) is 103 Å². The zero-order chi connectivity index (χ0) is 44.4. The Bertz CT molecular complexity index is 1200. The highest BCUT2D eigenvalue weighted by atomic mass is 16.6. The van der Waals surface area contributed by atoms with E-state index in [0.29, 0.717) is 19.3 Å². The molecule has 0 aliphatic rings. The molecule has 6 nitrogen and oxygen atoms in total. The van der Waals surface area contributed by atoms with Crippen LogP contribution in [0.4, 0.5) is 0 Å². The Kier molecular flexibility index (Phi) is 46.5. The molecule has 0 fully saturated rings. The SMILES string of the molecule is CC/C=C\C/C=C\C/C=C\CCCCCCCCCCCC(=O)OCC(COC(=O)CCCCCC/C=C\CCCC)OC(=O)CCCCCC/C=C\C/C=C\C/C=C\CC. The van der Waals surface area contributed by atoms with Gasteiger partial charge in [-0.25, -0.2) is 0 Å². The van der Waals surface area contributed by atoms with Gasteiger partial charge in [-0.2, -0.15) is 0 Å². The van der Waals surface area contributed by atoms with Crippen LogP contribution in [0.15, 0.2) is 85.1 Å². The van der Waals surface area contributed by atoms with Crippen LogP contribution in [0.25, 0.3) is 0 Å². The molecule has 0 heterocycles. The molecule has 0 aromatic heterocycles. The second-order valence-electron chi connectivity index (χ2n) is 16.3. The van der Waals surface area contributed by atoms with Gasteiger partial charge in [-0.15, -0.1) is 0 Å². The normalized spacial score (nSPS) is 12.8. The summed E-state index contributed by atoms with van der Waals surface area (Å²) in [6, 6.07) is 0. The summed E-state index contributed by atoms with van der Waals surface area (Å²) in [6.45, 7) is 6.33. The number of allylic oxidation sites excluding steroid dienone is 14. The van der Waals surface area contributed by atoms with E-state index < -0.39 is 6.10 Å². The third-order valence-corrected chi connectivity index (χ3v) is 10.4. The molecule has 0 aliphatic heterocycles. The predicted molar refractivity (Wildman–Crippen MR) is 261 cm³/mol. The zero-order valence-corrected chi connectivity index (χ0v) is 39.7. The Labute approximate surface area is 375 Å². The van der Waals surface area contributed by atoms with E-state index in [4.69, 9.17) is 14.2 Å². The van der Waals surface area contributed by atoms with E-state index in [0.717, 1.165) is 128 Å². The summed E-state index contributed by atoms with van der Waals surface area (Å²) >= 11 is 0. The van der Waals surface area contributed by atoms with Gasteiger partial charge in [0.25, 0.3) is 0 Å². The maximum Gasteiger partial charge on any atom is 0.306 e. The van der Waals surface area contributed by atoms with E-state index in [1.165, 1.54) is 57.8 Å². The minimum atomic E-state index is -0.794. The van der Waals surface area contributed by atoms with Crippen LogP contribution in [0.1, 0.15) is 226 Å². The van der Waals surface area contributed by atoms with E-state index in [9.17, 15) is 14.4 Å². The molecular weight excluding hydrogens is 757 g/mol. The molecule has 0 aliphatic carbocycles. The lowest BCUT2D eigenvalue weighted by Crippen LogP contribution is -2.30. The van der Waals surface area contributed by atoms with Crippen LogP contribution in [0.2, 0.25) is 0 Å². The van der Waals surface area contributed by atoms with Gasteiger partial charge >= 0.3 is 17.9 Å². The minimum Gasteiger partial charge on any atom is -0.462 e. The number of hydrogen-bond acceptors (Lipinski definition) is 6. The molecule has 6 heteroatoms. The topological polar surface area (TPSA) is 78.9 Å². The number of esters is 3. The van der Waals surface area contributed by atoms with Crippen LogP contribution < -0.4 is 0 Å². The maximum absolute atomic E-state index is 12.8. The van der Waals surface area contributed by atoms with Crippen LogP contribution >= 0.6 is 0 Å². The van der Waals surface area contributed by atoms with Crippen molar-refractivity contribution < 1.29 is 28.6 Å². The van der Waals surface area contributed by atoms with Crippen LogP contribution in [0.5, 0.6) is 0 Å². The van der Waals surface area contributed by atoms with Gasteiger partial charge in [0.15, 0.2) is 6.10 Å².